The van der Waals surface area contributed by atoms with Gasteiger partial charge in [0.25, 0.3) is 0 Å². The first kappa shape index (κ1) is 12.8. The van der Waals surface area contributed by atoms with Crippen molar-refractivity contribution in [2.75, 3.05) is 23.9 Å². The lowest BCUT2D eigenvalue weighted by Crippen LogP contribution is -2.07. The third kappa shape index (κ3) is 4.10. The molecule has 0 saturated heterocycles. The molecule has 0 aliphatic carbocycles. The van der Waals surface area contributed by atoms with Gasteiger partial charge in [-0.2, -0.15) is 11.8 Å². The molecule has 0 aliphatic rings. The van der Waals surface area contributed by atoms with Crippen molar-refractivity contribution in [2.45, 2.75) is 13.3 Å². The molecule has 0 amide bonds. The fraction of sp³-hybridized carbons (Fsp3) is 0.455. The summed E-state index contributed by atoms with van der Waals surface area (Å²) in [6.07, 6.45) is 3.10. The minimum Gasteiger partial charge on any atom is -0.478 e. The molecule has 0 aromatic carbocycles. The SMILES string of the molecule is CSCCCNc1cc(C(=O)O)cc(C)n1. The Morgan fingerprint density at radius 3 is 2.94 bits per heavy atom. The van der Waals surface area contributed by atoms with Crippen molar-refractivity contribution in [3.05, 3.63) is 23.4 Å². The first-order valence-electron chi connectivity index (χ1n) is 5.08. The number of carbonyl (C=O) groups is 1. The smallest absolute Gasteiger partial charge is 0.335 e. The van der Waals surface area contributed by atoms with Crippen molar-refractivity contribution in [3.8, 4) is 0 Å². The van der Waals surface area contributed by atoms with Crippen molar-refractivity contribution in [2.24, 2.45) is 0 Å². The van der Waals surface area contributed by atoms with E-state index >= 15 is 0 Å². The second-order valence-electron chi connectivity index (χ2n) is 3.46. The van der Waals surface area contributed by atoms with E-state index in [-0.39, 0.29) is 5.56 Å². The normalized spacial score (nSPS) is 10.1. The van der Waals surface area contributed by atoms with Gasteiger partial charge in [0.05, 0.1) is 5.56 Å². The van der Waals surface area contributed by atoms with Crippen molar-refractivity contribution >= 4 is 23.5 Å². The van der Waals surface area contributed by atoms with Crippen molar-refractivity contribution in [1.29, 1.82) is 0 Å². The Hall–Kier alpha value is -1.23. The molecule has 0 fully saturated rings. The predicted octanol–water partition coefficient (Wildman–Crippen LogP) is 2.25. The van der Waals surface area contributed by atoms with Gasteiger partial charge in [-0.1, -0.05) is 0 Å². The minimum absolute atomic E-state index is 0.278. The highest BCUT2D eigenvalue weighted by Gasteiger charge is 2.05. The predicted molar refractivity (Wildman–Crippen MR) is 67.4 cm³/mol. The zero-order valence-corrected chi connectivity index (χ0v) is 10.3. The number of nitrogens with one attached hydrogen (secondary N) is 1. The van der Waals surface area contributed by atoms with Crippen LogP contribution in [0.5, 0.6) is 0 Å². The summed E-state index contributed by atoms with van der Waals surface area (Å²) >= 11 is 1.79. The van der Waals surface area contributed by atoms with Gasteiger partial charge in [0, 0.05) is 12.2 Å². The summed E-state index contributed by atoms with van der Waals surface area (Å²) in [5.74, 6) is 0.807. The lowest BCUT2D eigenvalue weighted by Gasteiger charge is -2.07. The van der Waals surface area contributed by atoms with Crippen LogP contribution in [0.4, 0.5) is 5.82 Å². The highest BCUT2D eigenvalue weighted by Crippen LogP contribution is 2.10. The quantitative estimate of drug-likeness (QED) is 0.747. The van der Waals surface area contributed by atoms with Crippen LogP contribution in [0.1, 0.15) is 22.5 Å². The number of anilines is 1. The maximum absolute atomic E-state index is 10.8. The van der Waals surface area contributed by atoms with Crippen LogP contribution in [-0.4, -0.2) is 34.6 Å². The molecule has 5 heteroatoms. The average molecular weight is 240 g/mol. The first-order valence-corrected chi connectivity index (χ1v) is 6.47. The Kier molecular flexibility index (Phi) is 5.11. The summed E-state index contributed by atoms with van der Waals surface area (Å²) in [6.45, 7) is 2.61. The van der Waals surface area contributed by atoms with E-state index in [0.29, 0.717) is 11.5 Å². The molecule has 0 radical (unpaired) electrons. The molecule has 16 heavy (non-hydrogen) atoms. The van der Waals surface area contributed by atoms with Gasteiger partial charge in [0.15, 0.2) is 0 Å². The molecule has 0 atom stereocenters. The third-order valence-electron chi connectivity index (χ3n) is 2.03. The van der Waals surface area contributed by atoms with E-state index in [1.807, 2.05) is 0 Å². The van der Waals surface area contributed by atoms with Crippen molar-refractivity contribution in [1.82, 2.24) is 4.98 Å². The van der Waals surface area contributed by atoms with E-state index in [1.165, 1.54) is 0 Å². The number of hydrogen-bond acceptors (Lipinski definition) is 4. The van der Waals surface area contributed by atoms with E-state index in [0.717, 1.165) is 18.7 Å². The number of aryl methyl sites for hydroxylation is 1. The third-order valence-corrected chi connectivity index (χ3v) is 2.73. The highest BCUT2D eigenvalue weighted by molar-refractivity contribution is 7.98. The van der Waals surface area contributed by atoms with Gasteiger partial charge < -0.3 is 10.4 Å². The Bertz CT molecular complexity index is 369. The molecule has 88 valence electrons. The second kappa shape index (κ2) is 6.37. The van der Waals surface area contributed by atoms with Crippen LogP contribution in [0.3, 0.4) is 0 Å². The molecule has 1 rings (SSSR count). The van der Waals surface area contributed by atoms with E-state index in [2.05, 4.69) is 16.6 Å². The molecule has 0 aliphatic heterocycles. The fourth-order valence-corrected chi connectivity index (χ4v) is 1.75. The Labute approximate surface area is 99.5 Å². The molecular weight excluding hydrogens is 224 g/mol. The fourth-order valence-electron chi connectivity index (χ4n) is 1.32. The molecule has 0 unspecified atom stereocenters. The lowest BCUT2D eigenvalue weighted by molar-refractivity contribution is 0.0696. The van der Waals surface area contributed by atoms with E-state index < -0.39 is 5.97 Å². The van der Waals surface area contributed by atoms with Crippen LogP contribution in [0, 0.1) is 6.92 Å². The number of hydrogen-bond donors (Lipinski definition) is 2. The number of nitrogens with zero attached hydrogens (tertiary/aromatic N) is 1. The number of carboxylic acid groups (broad SMARTS) is 1. The van der Waals surface area contributed by atoms with Gasteiger partial charge in [-0.25, -0.2) is 9.78 Å². The second-order valence-corrected chi connectivity index (χ2v) is 4.45. The van der Waals surface area contributed by atoms with Gasteiger partial charge in [-0.15, -0.1) is 0 Å². The highest BCUT2D eigenvalue weighted by atomic mass is 32.2. The summed E-state index contributed by atoms with van der Waals surface area (Å²) in [5, 5.41) is 12.0. The summed E-state index contributed by atoms with van der Waals surface area (Å²) < 4.78 is 0. The molecule has 2 N–H and O–H groups in total. The Morgan fingerprint density at radius 1 is 1.56 bits per heavy atom. The number of aromatic carboxylic acids is 1. The first-order chi connectivity index (χ1) is 7.63. The maximum atomic E-state index is 10.8. The molecule has 1 aromatic heterocycles. The van der Waals surface area contributed by atoms with E-state index in [4.69, 9.17) is 5.11 Å². The summed E-state index contributed by atoms with van der Waals surface area (Å²) in [6, 6.07) is 3.13. The monoisotopic (exact) mass is 240 g/mol. The molecular formula is C11H16N2O2S. The largest absolute Gasteiger partial charge is 0.478 e. The average Bonchev–Trinajstić information content (AvgIpc) is 2.23. The van der Waals surface area contributed by atoms with Crippen molar-refractivity contribution < 1.29 is 9.90 Å². The topological polar surface area (TPSA) is 62.2 Å². The molecule has 0 saturated carbocycles. The number of rotatable bonds is 6. The van der Waals surface area contributed by atoms with E-state index in [1.54, 1.807) is 30.8 Å². The zero-order valence-electron chi connectivity index (χ0n) is 9.49. The summed E-state index contributed by atoms with van der Waals surface area (Å²) in [7, 11) is 0. The van der Waals surface area contributed by atoms with Crippen LogP contribution in [-0.2, 0) is 0 Å². The van der Waals surface area contributed by atoms with Crippen LogP contribution in [0.25, 0.3) is 0 Å². The Morgan fingerprint density at radius 2 is 2.31 bits per heavy atom. The van der Waals surface area contributed by atoms with Crippen LogP contribution >= 0.6 is 11.8 Å². The summed E-state index contributed by atoms with van der Waals surface area (Å²) in [5.41, 5.74) is 0.993. The van der Waals surface area contributed by atoms with Crippen LogP contribution < -0.4 is 5.32 Å². The lowest BCUT2D eigenvalue weighted by atomic mass is 10.2. The molecule has 0 spiro atoms. The molecule has 1 heterocycles. The van der Waals surface area contributed by atoms with Gasteiger partial charge in [0.1, 0.15) is 5.82 Å². The minimum atomic E-state index is -0.919. The molecule has 0 bridgehead atoms. The number of aromatic nitrogens is 1. The number of carboxylic acids is 1. The zero-order chi connectivity index (χ0) is 12.0. The summed E-state index contributed by atoms with van der Waals surface area (Å²) in [4.78, 5) is 15.1. The van der Waals surface area contributed by atoms with Crippen LogP contribution in [0.15, 0.2) is 12.1 Å². The van der Waals surface area contributed by atoms with Crippen molar-refractivity contribution in [3.63, 3.8) is 0 Å². The maximum Gasteiger partial charge on any atom is 0.335 e. The number of pyridine rings is 1. The molecule has 1 aromatic rings. The standard InChI is InChI=1S/C11H16N2O2S/c1-8-6-9(11(14)15)7-10(13-8)12-4-3-5-16-2/h6-7H,3-5H2,1-2H3,(H,12,13)(H,14,15). The molecule has 4 nitrogen and oxygen atoms in total. The Balaban J connectivity index is 2.62. The van der Waals surface area contributed by atoms with Gasteiger partial charge in [0.2, 0.25) is 0 Å². The van der Waals surface area contributed by atoms with Gasteiger partial charge >= 0.3 is 5.97 Å². The van der Waals surface area contributed by atoms with Gasteiger partial charge in [-0.3, -0.25) is 0 Å². The van der Waals surface area contributed by atoms with Gasteiger partial charge in [-0.05, 0) is 37.5 Å². The number of thioether (sulfide) groups is 1. The van der Waals surface area contributed by atoms with E-state index in [9.17, 15) is 4.79 Å². The van der Waals surface area contributed by atoms with Crippen LogP contribution in [0.2, 0.25) is 0 Å².